The Kier molecular flexibility index (Phi) is 2.89. The van der Waals surface area contributed by atoms with E-state index in [0.717, 1.165) is 25.7 Å². The first kappa shape index (κ1) is 11.1. The van der Waals surface area contributed by atoms with Gasteiger partial charge in [0.25, 0.3) is 0 Å². The summed E-state index contributed by atoms with van der Waals surface area (Å²) in [5.41, 5.74) is -0.0350. The maximum atomic E-state index is 12.1. The van der Waals surface area contributed by atoms with E-state index in [-0.39, 0.29) is 5.41 Å². The van der Waals surface area contributed by atoms with E-state index >= 15 is 0 Å². The maximum Gasteiger partial charge on any atom is 0.139 e. The van der Waals surface area contributed by atoms with E-state index in [9.17, 15) is 4.79 Å². The van der Waals surface area contributed by atoms with E-state index < -0.39 is 0 Å². The summed E-state index contributed by atoms with van der Waals surface area (Å²) in [7, 11) is 1.80. The molecule has 86 valence electrons. The van der Waals surface area contributed by atoms with E-state index in [1.165, 1.54) is 6.42 Å². The molecule has 0 aliphatic heterocycles. The summed E-state index contributed by atoms with van der Waals surface area (Å²) < 4.78 is 5.52. The van der Waals surface area contributed by atoms with Gasteiger partial charge < -0.3 is 4.74 Å². The molecule has 2 fully saturated rings. The summed E-state index contributed by atoms with van der Waals surface area (Å²) in [4.78, 5) is 12.1. The Morgan fingerprint density at radius 1 is 1.40 bits per heavy atom. The summed E-state index contributed by atoms with van der Waals surface area (Å²) in [6.45, 7) is 4.44. The van der Waals surface area contributed by atoms with Crippen molar-refractivity contribution >= 4 is 5.78 Å². The molecule has 2 nitrogen and oxygen atoms in total. The summed E-state index contributed by atoms with van der Waals surface area (Å²) in [6.07, 6.45) is 5.55. The molecule has 2 rings (SSSR count). The summed E-state index contributed by atoms with van der Waals surface area (Å²) >= 11 is 0. The molecule has 4 atom stereocenters. The van der Waals surface area contributed by atoms with Gasteiger partial charge in [-0.25, -0.2) is 0 Å². The monoisotopic (exact) mass is 210 g/mol. The average Bonchev–Trinajstić information content (AvgIpc) is 2.22. The molecule has 0 bridgehead atoms. The Balaban J connectivity index is 2.22. The van der Waals surface area contributed by atoms with Gasteiger partial charge >= 0.3 is 0 Å². The smallest absolute Gasteiger partial charge is 0.139 e. The molecule has 2 aliphatic rings. The third-order valence-corrected chi connectivity index (χ3v) is 4.85. The van der Waals surface area contributed by atoms with Crippen LogP contribution in [0.15, 0.2) is 0 Å². The fourth-order valence-electron chi connectivity index (χ4n) is 3.76. The third kappa shape index (κ3) is 1.63. The third-order valence-electron chi connectivity index (χ3n) is 4.85. The van der Waals surface area contributed by atoms with Gasteiger partial charge in [-0.15, -0.1) is 0 Å². The number of hydrogen-bond acceptors (Lipinski definition) is 2. The first-order valence-corrected chi connectivity index (χ1v) is 6.15. The SMILES string of the molecule is COC1CC[C@]2(C)C(=O)CCC[C@H]2[C@@H]1C. The predicted octanol–water partition coefficient (Wildman–Crippen LogP) is 2.81. The lowest BCUT2D eigenvalue weighted by Gasteiger charge is -2.49. The van der Waals surface area contributed by atoms with E-state index in [2.05, 4.69) is 13.8 Å². The second-order valence-electron chi connectivity index (χ2n) is 5.51. The molecule has 0 aromatic carbocycles. The second kappa shape index (κ2) is 3.89. The lowest BCUT2D eigenvalue weighted by molar-refractivity contribution is -0.144. The minimum Gasteiger partial charge on any atom is -0.381 e. The van der Waals surface area contributed by atoms with Gasteiger partial charge in [-0.1, -0.05) is 13.8 Å². The van der Waals surface area contributed by atoms with Crippen LogP contribution >= 0.6 is 0 Å². The molecule has 0 aromatic heterocycles. The van der Waals surface area contributed by atoms with Crippen LogP contribution in [-0.4, -0.2) is 19.0 Å². The van der Waals surface area contributed by atoms with Crippen LogP contribution < -0.4 is 0 Å². The molecule has 0 N–H and O–H groups in total. The minimum absolute atomic E-state index is 0.0350. The minimum atomic E-state index is -0.0350. The van der Waals surface area contributed by atoms with Crippen molar-refractivity contribution in [1.29, 1.82) is 0 Å². The number of rotatable bonds is 1. The number of Topliss-reactive ketones (excluding diaryl/α,β-unsaturated/α-hetero) is 1. The van der Waals surface area contributed by atoms with Gasteiger partial charge in [-0.3, -0.25) is 4.79 Å². The van der Waals surface area contributed by atoms with Crippen LogP contribution in [0.25, 0.3) is 0 Å². The van der Waals surface area contributed by atoms with Crippen LogP contribution in [0.3, 0.4) is 0 Å². The Morgan fingerprint density at radius 2 is 2.13 bits per heavy atom. The number of carbonyl (C=O) groups is 1. The number of ketones is 1. The number of ether oxygens (including phenoxy) is 1. The number of hydrogen-bond donors (Lipinski definition) is 0. The average molecular weight is 210 g/mol. The zero-order valence-corrected chi connectivity index (χ0v) is 10.1. The lowest BCUT2D eigenvalue weighted by Crippen LogP contribution is -2.49. The number of carbonyl (C=O) groups excluding carboxylic acids is 1. The summed E-state index contributed by atoms with van der Waals surface area (Å²) in [5, 5.41) is 0. The molecule has 0 heterocycles. The Bertz CT molecular complexity index is 261. The molecule has 1 unspecified atom stereocenters. The first-order valence-electron chi connectivity index (χ1n) is 6.15. The van der Waals surface area contributed by atoms with Crippen molar-refractivity contribution in [3.63, 3.8) is 0 Å². The van der Waals surface area contributed by atoms with Crippen molar-refractivity contribution in [3.8, 4) is 0 Å². The maximum absolute atomic E-state index is 12.1. The van der Waals surface area contributed by atoms with Gasteiger partial charge in [0, 0.05) is 18.9 Å². The van der Waals surface area contributed by atoms with Crippen molar-refractivity contribution in [3.05, 3.63) is 0 Å². The van der Waals surface area contributed by atoms with Crippen molar-refractivity contribution in [2.45, 2.75) is 52.1 Å². The van der Waals surface area contributed by atoms with Crippen LogP contribution in [0.4, 0.5) is 0 Å². The molecule has 0 radical (unpaired) electrons. The van der Waals surface area contributed by atoms with Crippen LogP contribution in [0.2, 0.25) is 0 Å². The molecule has 2 aliphatic carbocycles. The standard InChI is InChI=1S/C13H22O2/c1-9-10-5-4-6-12(14)13(10,2)8-7-11(9)15-3/h9-11H,4-8H2,1-3H3/t9-,10-,11?,13-/m0/s1. The zero-order chi connectivity index (χ0) is 11.1. The molecular formula is C13H22O2. The van der Waals surface area contributed by atoms with Crippen molar-refractivity contribution in [2.24, 2.45) is 17.3 Å². The van der Waals surface area contributed by atoms with Gasteiger partial charge in [0.05, 0.1) is 6.10 Å². The Hall–Kier alpha value is -0.370. The number of methoxy groups -OCH3 is 1. The zero-order valence-electron chi connectivity index (χ0n) is 10.1. The fraction of sp³-hybridized carbons (Fsp3) is 0.923. The molecule has 0 spiro atoms. The highest BCUT2D eigenvalue weighted by Crippen LogP contribution is 2.51. The van der Waals surface area contributed by atoms with Crippen molar-refractivity contribution in [2.75, 3.05) is 7.11 Å². The van der Waals surface area contributed by atoms with Gasteiger partial charge in [-0.05, 0) is 37.5 Å². The van der Waals surface area contributed by atoms with E-state index in [1.54, 1.807) is 7.11 Å². The van der Waals surface area contributed by atoms with Gasteiger partial charge in [-0.2, -0.15) is 0 Å². The highest BCUT2D eigenvalue weighted by Gasteiger charge is 2.50. The lowest BCUT2D eigenvalue weighted by atomic mass is 9.56. The number of fused-ring (bicyclic) bond motifs is 1. The quantitative estimate of drug-likeness (QED) is 0.665. The van der Waals surface area contributed by atoms with E-state index in [0.29, 0.717) is 23.7 Å². The molecule has 0 amide bonds. The Morgan fingerprint density at radius 3 is 2.80 bits per heavy atom. The highest BCUT2D eigenvalue weighted by molar-refractivity contribution is 5.85. The van der Waals surface area contributed by atoms with Crippen LogP contribution in [-0.2, 0) is 9.53 Å². The predicted molar refractivity (Wildman–Crippen MR) is 59.7 cm³/mol. The fourth-order valence-corrected chi connectivity index (χ4v) is 3.76. The normalized spacial score (nSPS) is 46.3. The molecule has 2 saturated carbocycles. The second-order valence-corrected chi connectivity index (χ2v) is 5.51. The van der Waals surface area contributed by atoms with Crippen LogP contribution in [0, 0.1) is 17.3 Å². The van der Waals surface area contributed by atoms with Crippen LogP contribution in [0.5, 0.6) is 0 Å². The largest absolute Gasteiger partial charge is 0.381 e. The van der Waals surface area contributed by atoms with Gasteiger partial charge in [0.2, 0.25) is 0 Å². The van der Waals surface area contributed by atoms with Crippen LogP contribution in [0.1, 0.15) is 46.0 Å². The van der Waals surface area contributed by atoms with E-state index in [1.807, 2.05) is 0 Å². The Labute approximate surface area is 92.4 Å². The van der Waals surface area contributed by atoms with Gasteiger partial charge in [0.15, 0.2) is 0 Å². The molecule has 0 aromatic rings. The molecule has 0 saturated heterocycles. The van der Waals surface area contributed by atoms with Crippen molar-refractivity contribution < 1.29 is 9.53 Å². The molecule has 2 heteroatoms. The van der Waals surface area contributed by atoms with E-state index in [4.69, 9.17) is 4.74 Å². The molecule has 15 heavy (non-hydrogen) atoms. The highest BCUT2D eigenvalue weighted by atomic mass is 16.5. The first-order chi connectivity index (χ1) is 7.09. The summed E-state index contributed by atoms with van der Waals surface area (Å²) in [6, 6.07) is 0. The molecular weight excluding hydrogens is 188 g/mol. The van der Waals surface area contributed by atoms with Gasteiger partial charge in [0.1, 0.15) is 5.78 Å². The topological polar surface area (TPSA) is 26.3 Å². The summed E-state index contributed by atoms with van der Waals surface area (Å²) in [5.74, 6) is 1.59. The van der Waals surface area contributed by atoms with Crippen molar-refractivity contribution in [1.82, 2.24) is 0 Å².